The summed E-state index contributed by atoms with van der Waals surface area (Å²) in [6, 6.07) is 19.8. The molecule has 88 valence electrons. The van der Waals surface area contributed by atoms with Crippen LogP contribution in [0.1, 0.15) is 22.7 Å². The predicted molar refractivity (Wildman–Crippen MR) is 73.1 cm³/mol. The van der Waals surface area contributed by atoms with E-state index in [4.69, 9.17) is 0 Å². The van der Waals surface area contributed by atoms with Crippen molar-refractivity contribution in [2.75, 3.05) is 7.05 Å². The van der Waals surface area contributed by atoms with Gasteiger partial charge in [-0.25, -0.2) is 0 Å². The predicted octanol–water partition coefficient (Wildman–Crippen LogP) is 3.50. The summed E-state index contributed by atoms with van der Waals surface area (Å²) in [6.45, 7) is 2.12. The minimum atomic E-state index is 0.387. The first kappa shape index (κ1) is 11.9. The third-order valence-corrected chi connectivity index (χ3v) is 3.11. The van der Waals surface area contributed by atoms with Crippen molar-refractivity contribution in [2.24, 2.45) is 0 Å². The minimum Gasteiger partial charge on any atom is -0.313 e. The number of rotatable bonds is 4. The Morgan fingerprint density at radius 2 is 1.59 bits per heavy atom. The molecule has 0 aliphatic heterocycles. The number of hydrogen-bond donors (Lipinski definition) is 1. The Morgan fingerprint density at radius 3 is 2.18 bits per heavy atom. The molecule has 0 fully saturated rings. The summed E-state index contributed by atoms with van der Waals surface area (Å²) in [5.74, 6) is 0. The van der Waals surface area contributed by atoms with Crippen LogP contribution in [0.2, 0.25) is 0 Å². The molecule has 0 amide bonds. The Bertz CT molecular complexity index is 445. The molecule has 2 rings (SSSR count). The lowest BCUT2D eigenvalue weighted by atomic mass is 9.98. The zero-order valence-corrected chi connectivity index (χ0v) is 10.5. The Kier molecular flexibility index (Phi) is 3.94. The Labute approximate surface area is 103 Å². The van der Waals surface area contributed by atoms with Crippen molar-refractivity contribution >= 4 is 0 Å². The molecular weight excluding hydrogens is 206 g/mol. The number of aryl methyl sites for hydroxylation is 1. The van der Waals surface area contributed by atoms with Gasteiger partial charge in [0.1, 0.15) is 0 Å². The summed E-state index contributed by atoms with van der Waals surface area (Å²) < 4.78 is 0. The second-order valence-electron chi connectivity index (χ2n) is 4.44. The lowest BCUT2D eigenvalue weighted by Gasteiger charge is -2.17. The highest BCUT2D eigenvalue weighted by atomic mass is 14.9. The summed E-state index contributed by atoms with van der Waals surface area (Å²) in [5, 5.41) is 3.39. The first-order chi connectivity index (χ1) is 8.29. The van der Waals surface area contributed by atoms with Crippen LogP contribution in [0.5, 0.6) is 0 Å². The zero-order valence-electron chi connectivity index (χ0n) is 10.5. The van der Waals surface area contributed by atoms with E-state index in [0.29, 0.717) is 6.04 Å². The second kappa shape index (κ2) is 5.65. The van der Waals surface area contributed by atoms with Crippen molar-refractivity contribution in [3.05, 3.63) is 71.3 Å². The fourth-order valence-electron chi connectivity index (χ4n) is 2.04. The molecule has 1 atom stereocenters. The van der Waals surface area contributed by atoms with Crippen LogP contribution in [-0.4, -0.2) is 7.05 Å². The van der Waals surface area contributed by atoms with Crippen LogP contribution in [0.3, 0.4) is 0 Å². The van der Waals surface area contributed by atoms with Gasteiger partial charge in [0.2, 0.25) is 0 Å². The Hall–Kier alpha value is -1.60. The fourth-order valence-corrected chi connectivity index (χ4v) is 2.04. The Morgan fingerprint density at radius 1 is 0.941 bits per heavy atom. The van der Waals surface area contributed by atoms with Crippen LogP contribution >= 0.6 is 0 Å². The van der Waals surface area contributed by atoms with E-state index in [9.17, 15) is 0 Å². The SMILES string of the molecule is CN[C@H](Cc1ccccc1)c1ccc(C)cc1. The van der Waals surface area contributed by atoms with Crippen molar-refractivity contribution < 1.29 is 0 Å². The van der Waals surface area contributed by atoms with E-state index >= 15 is 0 Å². The summed E-state index contributed by atoms with van der Waals surface area (Å²) in [7, 11) is 2.02. The average molecular weight is 225 g/mol. The van der Waals surface area contributed by atoms with Crippen LogP contribution in [0.25, 0.3) is 0 Å². The van der Waals surface area contributed by atoms with Crippen LogP contribution < -0.4 is 5.32 Å². The third kappa shape index (κ3) is 3.18. The van der Waals surface area contributed by atoms with Gasteiger partial charge in [-0.1, -0.05) is 60.2 Å². The molecule has 0 radical (unpaired) electrons. The molecule has 1 nitrogen and oxygen atoms in total. The normalized spacial score (nSPS) is 12.4. The maximum atomic E-state index is 3.39. The molecular formula is C16H19N. The molecule has 2 aromatic rings. The molecule has 0 aliphatic rings. The van der Waals surface area contributed by atoms with Crippen molar-refractivity contribution in [3.63, 3.8) is 0 Å². The highest BCUT2D eigenvalue weighted by molar-refractivity contribution is 5.26. The van der Waals surface area contributed by atoms with Gasteiger partial charge in [-0.3, -0.25) is 0 Å². The number of benzene rings is 2. The molecule has 0 saturated heterocycles. The van der Waals surface area contributed by atoms with E-state index in [1.54, 1.807) is 0 Å². The third-order valence-electron chi connectivity index (χ3n) is 3.11. The highest BCUT2D eigenvalue weighted by Gasteiger charge is 2.09. The Balaban J connectivity index is 2.14. The topological polar surface area (TPSA) is 12.0 Å². The molecule has 0 spiro atoms. The quantitative estimate of drug-likeness (QED) is 0.839. The van der Waals surface area contributed by atoms with Crippen LogP contribution in [0.4, 0.5) is 0 Å². The summed E-state index contributed by atoms with van der Waals surface area (Å²) in [6.07, 6.45) is 1.03. The number of nitrogens with one attached hydrogen (secondary N) is 1. The van der Waals surface area contributed by atoms with Crippen molar-refractivity contribution in [1.29, 1.82) is 0 Å². The van der Waals surface area contributed by atoms with Crippen LogP contribution in [0.15, 0.2) is 54.6 Å². The molecule has 1 heteroatoms. The van der Waals surface area contributed by atoms with Gasteiger partial charge in [0.05, 0.1) is 0 Å². The molecule has 2 aromatic carbocycles. The van der Waals surface area contributed by atoms with Gasteiger partial charge in [-0.15, -0.1) is 0 Å². The van der Waals surface area contributed by atoms with Crippen molar-refractivity contribution in [2.45, 2.75) is 19.4 Å². The minimum absolute atomic E-state index is 0.387. The number of likely N-dealkylation sites (N-methyl/N-ethyl adjacent to an activating group) is 1. The first-order valence-electron chi connectivity index (χ1n) is 6.07. The molecule has 0 heterocycles. The largest absolute Gasteiger partial charge is 0.313 e. The lowest BCUT2D eigenvalue weighted by Crippen LogP contribution is -2.18. The van der Waals surface area contributed by atoms with E-state index in [1.807, 2.05) is 7.05 Å². The van der Waals surface area contributed by atoms with Gasteiger partial charge in [0.25, 0.3) is 0 Å². The molecule has 0 saturated carbocycles. The monoisotopic (exact) mass is 225 g/mol. The van der Waals surface area contributed by atoms with E-state index in [2.05, 4.69) is 66.8 Å². The molecule has 0 aliphatic carbocycles. The average Bonchev–Trinajstić information content (AvgIpc) is 2.38. The first-order valence-corrected chi connectivity index (χ1v) is 6.07. The summed E-state index contributed by atoms with van der Waals surface area (Å²) >= 11 is 0. The molecule has 0 bridgehead atoms. The molecule has 0 unspecified atom stereocenters. The van der Waals surface area contributed by atoms with Gasteiger partial charge in [-0.2, -0.15) is 0 Å². The molecule has 17 heavy (non-hydrogen) atoms. The van der Waals surface area contributed by atoms with E-state index in [1.165, 1.54) is 16.7 Å². The second-order valence-corrected chi connectivity index (χ2v) is 4.44. The smallest absolute Gasteiger partial charge is 0.0358 e. The standard InChI is InChI=1S/C16H19N/c1-13-8-10-15(11-9-13)16(17-2)12-14-6-4-3-5-7-14/h3-11,16-17H,12H2,1-2H3/t16-/m1/s1. The maximum absolute atomic E-state index is 3.39. The molecule has 1 N–H and O–H groups in total. The van der Waals surface area contributed by atoms with E-state index in [0.717, 1.165) is 6.42 Å². The van der Waals surface area contributed by atoms with Gasteiger partial charge < -0.3 is 5.32 Å². The van der Waals surface area contributed by atoms with Gasteiger partial charge in [0, 0.05) is 6.04 Å². The van der Waals surface area contributed by atoms with Gasteiger partial charge in [0.15, 0.2) is 0 Å². The zero-order chi connectivity index (χ0) is 12.1. The molecule has 0 aromatic heterocycles. The number of hydrogen-bond acceptors (Lipinski definition) is 1. The lowest BCUT2D eigenvalue weighted by molar-refractivity contribution is 0.592. The van der Waals surface area contributed by atoms with E-state index in [-0.39, 0.29) is 0 Å². The highest BCUT2D eigenvalue weighted by Crippen LogP contribution is 2.18. The fraction of sp³-hybridized carbons (Fsp3) is 0.250. The maximum Gasteiger partial charge on any atom is 0.0358 e. The van der Waals surface area contributed by atoms with Gasteiger partial charge >= 0.3 is 0 Å². The van der Waals surface area contributed by atoms with Crippen molar-refractivity contribution in [1.82, 2.24) is 5.32 Å². The van der Waals surface area contributed by atoms with Gasteiger partial charge in [-0.05, 0) is 31.5 Å². The summed E-state index contributed by atoms with van der Waals surface area (Å²) in [4.78, 5) is 0. The van der Waals surface area contributed by atoms with E-state index < -0.39 is 0 Å². The van der Waals surface area contributed by atoms with Crippen LogP contribution in [-0.2, 0) is 6.42 Å². The van der Waals surface area contributed by atoms with Crippen LogP contribution in [0, 0.1) is 6.92 Å². The van der Waals surface area contributed by atoms with Crippen molar-refractivity contribution in [3.8, 4) is 0 Å². The summed E-state index contributed by atoms with van der Waals surface area (Å²) in [5.41, 5.74) is 4.03.